The van der Waals surface area contributed by atoms with Crippen LogP contribution in [0, 0.1) is 0 Å². The van der Waals surface area contributed by atoms with Crippen molar-refractivity contribution in [3.05, 3.63) is 58.1 Å². The van der Waals surface area contributed by atoms with Gasteiger partial charge in [-0.2, -0.15) is 0 Å². The lowest BCUT2D eigenvalue weighted by atomic mass is 10.2. The van der Waals surface area contributed by atoms with Gasteiger partial charge in [0.05, 0.1) is 14.9 Å². The van der Waals surface area contributed by atoms with Gasteiger partial charge in [0.1, 0.15) is 0 Å². The van der Waals surface area contributed by atoms with Gasteiger partial charge < -0.3 is 5.73 Å². The van der Waals surface area contributed by atoms with Crippen LogP contribution in [0.2, 0.25) is 10.0 Å². The maximum Gasteiger partial charge on any atom is 0.261 e. The second-order valence-electron chi connectivity index (χ2n) is 4.12. The van der Waals surface area contributed by atoms with Gasteiger partial charge in [0.25, 0.3) is 10.0 Å². The molecule has 8 heteroatoms. The van der Waals surface area contributed by atoms with E-state index >= 15 is 0 Å². The van der Waals surface area contributed by atoms with E-state index in [4.69, 9.17) is 28.9 Å². The van der Waals surface area contributed by atoms with Crippen molar-refractivity contribution < 1.29 is 13.2 Å². The Hall–Kier alpha value is -1.76. The van der Waals surface area contributed by atoms with E-state index in [1.165, 1.54) is 42.5 Å². The summed E-state index contributed by atoms with van der Waals surface area (Å²) in [7, 11) is -3.79. The van der Waals surface area contributed by atoms with E-state index in [0.717, 1.165) is 0 Å². The van der Waals surface area contributed by atoms with Crippen molar-refractivity contribution in [3.63, 3.8) is 0 Å². The third kappa shape index (κ3) is 3.66. The molecule has 0 aliphatic heterocycles. The Morgan fingerprint density at radius 2 is 1.62 bits per heavy atom. The fourth-order valence-electron chi connectivity index (χ4n) is 1.56. The molecule has 0 saturated heterocycles. The number of hydrogen-bond donors (Lipinski definition) is 2. The van der Waals surface area contributed by atoms with Crippen LogP contribution in [0.15, 0.2) is 47.4 Å². The highest BCUT2D eigenvalue weighted by Gasteiger charge is 2.15. The largest absolute Gasteiger partial charge is 0.366 e. The molecule has 1 amide bonds. The maximum absolute atomic E-state index is 12.2. The van der Waals surface area contributed by atoms with Crippen LogP contribution in [0.1, 0.15) is 10.4 Å². The monoisotopic (exact) mass is 344 g/mol. The van der Waals surface area contributed by atoms with Gasteiger partial charge in [-0.15, -0.1) is 0 Å². The quantitative estimate of drug-likeness (QED) is 0.893. The Morgan fingerprint density at radius 3 is 2.14 bits per heavy atom. The first-order chi connectivity index (χ1) is 9.79. The van der Waals surface area contributed by atoms with Crippen molar-refractivity contribution in [2.24, 2.45) is 5.73 Å². The van der Waals surface area contributed by atoms with Gasteiger partial charge in [-0.1, -0.05) is 23.2 Å². The Bertz CT molecular complexity index is 790. The molecule has 0 spiro atoms. The standard InChI is InChI=1S/C13H10Cl2N2O3S/c14-11-6-5-10(7-12(11)15)21(19,20)17-9-3-1-8(2-4-9)13(16)18/h1-7,17H,(H2,16,18). The van der Waals surface area contributed by atoms with Gasteiger partial charge in [-0.05, 0) is 42.5 Å². The number of sulfonamides is 1. The lowest BCUT2D eigenvalue weighted by molar-refractivity contribution is 0.100. The van der Waals surface area contributed by atoms with Gasteiger partial charge >= 0.3 is 0 Å². The first kappa shape index (κ1) is 15.6. The maximum atomic E-state index is 12.2. The molecule has 0 atom stereocenters. The lowest BCUT2D eigenvalue weighted by Crippen LogP contribution is -2.14. The van der Waals surface area contributed by atoms with Gasteiger partial charge in [-0.25, -0.2) is 8.42 Å². The highest BCUT2D eigenvalue weighted by molar-refractivity contribution is 7.92. The zero-order valence-electron chi connectivity index (χ0n) is 10.5. The Balaban J connectivity index is 2.28. The van der Waals surface area contributed by atoms with E-state index in [1.807, 2.05) is 0 Å². The smallest absolute Gasteiger partial charge is 0.261 e. The molecule has 3 N–H and O–H groups in total. The third-order valence-corrected chi connectivity index (χ3v) is 4.74. The van der Waals surface area contributed by atoms with Gasteiger partial charge in [-0.3, -0.25) is 9.52 Å². The molecule has 2 aromatic carbocycles. The summed E-state index contributed by atoms with van der Waals surface area (Å²) in [6.07, 6.45) is 0. The molecule has 2 rings (SSSR count). The molecular weight excluding hydrogens is 335 g/mol. The molecule has 0 unspecified atom stereocenters. The molecule has 21 heavy (non-hydrogen) atoms. The number of anilines is 1. The number of carbonyl (C=O) groups is 1. The van der Waals surface area contributed by atoms with Gasteiger partial charge in [0.15, 0.2) is 0 Å². The van der Waals surface area contributed by atoms with Crippen LogP contribution in [0.25, 0.3) is 0 Å². The number of nitrogens with one attached hydrogen (secondary N) is 1. The summed E-state index contributed by atoms with van der Waals surface area (Å²) < 4.78 is 26.7. The normalized spacial score (nSPS) is 11.1. The molecule has 2 aromatic rings. The van der Waals surface area contributed by atoms with E-state index in [2.05, 4.69) is 4.72 Å². The first-order valence-corrected chi connectivity index (χ1v) is 7.91. The first-order valence-electron chi connectivity index (χ1n) is 5.67. The molecule has 0 bridgehead atoms. The minimum Gasteiger partial charge on any atom is -0.366 e. The zero-order chi connectivity index (χ0) is 15.6. The highest BCUT2D eigenvalue weighted by Crippen LogP contribution is 2.26. The summed E-state index contributed by atoms with van der Waals surface area (Å²) in [6.45, 7) is 0. The van der Waals surface area contributed by atoms with Crippen molar-refractivity contribution in [3.8, 4) is 0 Å². The van der Waals surface area contributed by atoms with Crippen molar-refractivity contribution >= 4 is 44.8 Å². The van der Waals surface area contributed by atoms with Crippen LogP contribution in [-0.2, 0) is 10.0 Å². The summed E-state index contributed by atoms with van der Waals surface area (Å²) in [6, 6.07) is 9.72. The summed E-state index contributed by atoms with van der Waals surface area (Å²) in [5, 5.41) is 0.407. The lowest BCUT2D eigenvalue weighted by Gasteiger charge is -2.09. The summed E-state index contributed by atoms with van der Waals surface area (Å²) >= 11 is 11.5. The molecule has 0 heterocycles. The van der Waals surface area contributed by atoms with Crippen molar-refractivity contribution in [1.29, 1.82) is 0 Å². The van der Waals surface area contributed by atoms with Crippen LogP contribution < -0.4 is 10.5 Å². The fraction of sp³-hybridized carbons (Fsp3) is 0. The van der Waals surface area contributed by atoms with E-state index in [9.17, 15) is 13.2 Å². The van der Waals surface area contributed by atoms with Gasteiger partial charge in [0.2, 0.25) is 5.91 Å². The van der Waals surface area contributed by atoms with Crippen LogP contribution >= 0.6 is 23.2 Å². The topological polar surface area (TPSA) is 89.3 Å². The van der Waals surface area contributed by atoms with Crippen LogP contribution in [0.4, 0.5) is 5.69 Å². The molecular formula is C13H10Cl2N2O3S. The Labute approximate surface area is 131 Å². The van der Waals surface area contributed by atoms with Crippen molar-refractivity contribution in [2.75, 3.05) is 4.72 Å². The number of hydrogen-bond acceptors (Lipinski definition) is 3. The predicted molar refractivity (Wildman–Crippen MR) is 82.2 cm³/mol. The molecule has 110 valence electrons. The minimum atomic E-state index is -3.79. The molecule has 0 aromatic heterocycles. The number of carbonyl (C=O) groups excluding carboxylic acids is 1. The van der Waals surface area contributed by atoms with Crippen molar-refractivity contribution in [2.45, 2.75) is 4.90 Å². The zero-order valence-corrected chi connectivity index (χ0v) is 12.8. The molecule has 0 aliphatic rings. The molecule has 0 fully saturated rings. The highest BCUT2D eigenvalue weighted by atomic mass is 35.5. The van der Waals surface area contributed by atoms with E-state index in [-0.39, 0.29) is 20.5 Å². The second-order valence-corrected chi connectivity index (χ2v) is 6.62. The summed E-state index contributed by atoms with van der Waals surface area (Å²) in [4.78, 5) is 10.9. The average Bonchev–Trinajstić information content (AvgIpc) is 2.42. The second kappa shape index (κ2) is 5.93. The predicted octanol–water partition coefficient (Wildman–Crippen LogP) is 2.89. The van der Waals surface area contributed by atoms with Crippen LogP contribution in [-0.4, -0.2) is 14.3 Å². The van der Waals surface area contributed by atoms with E-state index in [0.29, 0.717) is 5.69 Å². The minimum absolute atomic E-state index is 0.0177. The number of rotatable bonds is 4. The SMILES string of the molecule is NC(=O)c1ccc(NS(=O)(=O)c2ccc(Cl)c(Cl)c2)cc1. The van der Waals surface area contributed by atoms with Crippen molar-refractivity contribution in [1.82, 2.24) is 0 Å². The average molecular weight is 345 g/mol. The van der Waals surface area contributed by atoms with Crippen LogP contribution in [0.5, 0.6) is 0 Å². The molecule has 0 aliphatic carbocycles. The number of primary amides is 1. The third-order valence-electron chi connectivity index (χ3n) is 2.62. The fourth-order valence-corrected chi connectivity index (χ4v) is 3.01. The molecule has 0 radical (unpaired) electrons. The van der Waals surface area contributed by atoms with Gasteiger partial charge in [0, 0.05) is 11.3 Å². The van der Waals surface area contributed by atoms with E-state index < -0.39 is 15.9 Å². The Morgan fingerprint density at radius 1 is 1.00 bits per heavy atom. The summed E-state index contributed by atoms with van der Waals surface area (Å²) in [5.41, 5.74) is 5.69. The number of amides is 1. The van der Waals surface area contributed by atoms with Crippen LogP contribution in [0.3, 0.4) is 0 Å². The molecule has 0 saturated carbocycles. The molecule has 5 nitrogen and oxygen atoms in total. The summed E-state index contributed by atoms with van der Waals surface area (Å²) in [5.74, 6) is -0.589. The number of nitrogens with two attached hydrogens (primary N) is 1. The Kier molecular flexibility index (Phi) is 4.41. The van der Waals surface area contributed by atoms with E-state index in [1.54, 1.807) is 0 Å². The number of halogens is 2. The number of benzene rings is 2.